The van der Waals surface area contributed by atoms with Crippen LogP contribution in [-0.4, -0.2) is 71.1 Å². The Kier molecular flexibility index (Phi) is 7.01. The van der Waals surface area contributed by atoms with Crippen LogP contribution in [0.5, 0.6) is 11.5 Å². The monoisotopic (exact) mass is 614 g/mol. The number of benzene rings is 2. The van der Waals surface area contributed by atoms with Crippen LogP contribution in [0, 0.1) is 11.1 Å². The molecule has 1 fully saturated rings. The van der Waals surface area contributed by atoms with E-state index in [-0.39, 0.29) is 48.2 Å². The minimum absolute atomic E-state index is 0.0358. The third-order valence-electron chi connectivity index (χ3n) is 9.42. The first-order valence-electron chi connectivity index (χ1n) is 14.9. The average molecular weight is 615 g/mol. The van der Waals surface area contributed by atoms with Crippen LogP contribution in [0.3, 0.4) is 0 Å². The maximum absolute atomic E-state index is 13.9. The van der Waals surface area contributed by atoms with Gasteiger partial charge in [0.1, 0.15) is 11.9 Å². The smallest absolute Gasteiger partial charge is 0.275 e. The van der Waals surface area contributed by atoms with Gasteiger partial charge in [-0.2, -0.15) is 0 Å². The number of methoxy groups -OCH3 is 2. The molecule has 4 aliphatic rings. The van der Waals surface area contributed by atoms with Crippen LogP contribution in [-0.2, 0) is 11.3 Å². The number of hydrogen-bond acceptors (Lipinski definition) is 9. The molecule has 3 atom stereocenters. The zero-order valence-electron chi connectivity index (χ0n) is 24.8. The van der Waals surface area contributed by atoms with Crippen LogP contribution in [0.25, 0.3) is 0 Å². The second-order valence-corrected chi connectivity index (χ2v) is 11.9. The number of piperidine rings is 1. The van der Waals surface area contributed by atoms with Crippen molar-refractivity contribution in [2.75, 3.05) is 44.0 Å². The fraction of sp³-hybridized carbons (Fsp3) is 0.375. The van der Waals surface area contributed by atoms with E-state index in [2.05, 4.69) is 0 Å². The molecular formula is C32H32N5O8-. The third-order valence-corrected chi connectivity index (χ3v) is 9.42. The highest BCUT2D eigenvalue weighted by atomic mass is 16.8. The van der Waals surface area contributed by atoms with E-state index >= 15 is 0 Å². The number of carbonyl (C=O) groups excluding carboxylic acids is 3. The molecule has 2 aromatic carbocycles. The molecule has 13 nitrogen and oxygen atoms in total. The van der Waals surface area contributed by atoms with Crippen molar-refractivity contribution < 1.29 is 29.1 Å². The van der Waals surface area contributed by atoms with Crippen molar-refractivity contribution >= 4 is 29.1 Å². The molecule has 3 aromatic rings. The van der Waals surface area contributed by atoms with Gasteiger partial charge >= 0.3 is 0 Å². The fourth-order valence-electron chi connectivity index (χ4n) is 7.49. The van der Waals surface area contributed by atoms with E-state index in [4.69, 9.17) is 9.47 Å². The highest BCUT2D eigenvalue weighted by Gasteiger charge is 2.49. The summed E-state index contributed by atoms with van der Waals surface area (Å²) in [7, 11) is 2.98. The summed E-state index contributed by atoms with van der Waals surface area (Å²) in [5, 5.41) is 20.3. The molecular weight excluding hydrogens is 582 g/mol. The first-order chi connectivity index (χ1) is 21.7. The number of para-hydroxylation sites is 1. The van der Waals surface area contributed by atoms with Crippen molar-refractivity contribution in [2.24, 2.45) is 5.92 Å². The van der Waals surface area contributed by atoms with Gasteiger partial charge in [-0.1, -0.05) is 18.2 Å². The molecule has 4 aliphatic heterocycles. The van der Waals surface area contributed by atoms with Crippen LogP contribution in [0.1, 0.15) is 63.3 Å². The number of ether oxygens (including phenoxy) is 2. The minimum atomic E-state index is -0.692. The molecule has 0 radical (unpaired) electrons. The maximum Gasteiger partial charge on any atom is 0.275 e. The Labute approximate surface area is 258 Å². The summed E-state index contributed by atoms with van der Waals surface area (Å²) in [4.78, 5) is 59.0. The summed E-state index contributed by atoms with van der Waals surface area (Å²) in [5.41, 5.74) is 1.79. The molecule has 45 heavy (non-hydrogen) atoms. The number of nitrogens with zero attached hydrogens (tertiary/aromatic N) is 5. The summed E-state index contributed by atoms with van der Waals surface area (Å²) in [5.74, 6) is 0.142. The van der Waals surface area contributed by atoms with Gasteiger partial charge in [-0.25, -0.2) is 0 Å². The molecule has 0 spiro atoms. The Hall–Kier alpha value is -4.88. The molecule has 13 heteroatoms. The predicted octanol–water partition coefficient (Wildman–Crippen LogP) is 3.10. The lowest BCUT2D eigenvalue weighted by molar-refractivity contribution is -0.134. The zero-order chi connectivity index (χ0) is 31.6. The van der Waals surface area contributed by atoms with Gasteiger partial charge in [0.25, 0.3) is 17.4 Å². The van der Waals surface area contributed by atoms with Gasteiger partial charge in [0.15, 0.2) is 11.5 Å². The highest BCUT2D eigenvalue weighted by molar-refractivity contribution is 6.18. The fourth-order valence-corrected chi connectivity index (χ4v) is 7.49. The number of fused-ring (bicyclic) bond motifs is 9. The Morgan fingerprint density at radius 3 is 2.56 bits per heavy atom. The van der Waals surface area contributed by atoms with Gasteiger partial charge in [0.05, 0.1) is 31.0 Å². The number of pyridine rings is 1. The van der Waals surface area contributed by atoms with E-state index in [9.17, 15) is 29.6 Å². The number of rotatable bonds is 7. The molecule has 0 aliphatic carbocycles. The topological polar surface area (TPSA) is 148 Å². The number of anilines is 2. The molecule has 3 unspecified atom stereocenters. The van der Waals surface area contributed by atoms with Gasteiger partial charge in [-0.15, -0.1) is 0 Å². The molecule has 234 valence electrons. The Morgan fingerprint density at radius 2 is 1.80 bits per heavy atom. The Bertz CT molecular complexity index is 1790. The van der Waals surface area contributed by atoms with E-state index in [0.29, 0.717) is 59.9 Å². The normalized spacial score (nSPS) is 21.2. The van der Waals surface area contributed by atoms with Crippen LogP contribution < -0.4 is 25.2 Å². The summed E-state index contributed by atoms with van der Waals surface area (Å²) in [6.07, 6.45) is 0.715. The quantitative estimate of drug-likeness (QED) is 0.397. The second-order valence-electron chi connectivity index (χ2n) is 11.9. The lowest BCUT2D eigenvalue weighted by Gasteiger charge is -2.43. The van der Waals surface area contributed by atoms with Crippen molar-refractivity contribution in [1.82, 2.24) is 14.4 Å². The van der Waals surface area contributed by atoms with Crippen LogP contribution in [0.4, 0.5) is 11.4 Å². The number of likely N-dealkylation sites (tertiary alicyclic amines) is 1. The predicted molar refractivity (Wildman–Crippen MR) is 162 cm³/mol. The van der Waals surface area contributed by atoms with Crippen LogP contribution >= 0.6 is 0 Å². The molecule has 0 saturated carbocycles. The number of amides is 3. The van der Waals surface area contributed by atoms with E-state index in [1.54, 1.807) is 52.3 Å². The molecule has 5 heterocycles. The lowest BCUT2D eigenvalue weighted by Crippen LogP contribution is -2.50. The van der Waals surface area contributed by atoms with Crippen molar-refractivity contribution in [3.63, 3.8) is 0 Å². The van der Waals surface area contributed by atoms with Gasteiger partial charge < -0.3 is 34.3 Å². The van der Waals surface area contributed by atoms with Crippen LogP contribution in [0.15, 0.2) is 53.3 Å². The molecule has 1 saturated heterocycles. The molecule has 1 aromatic heterocycles. The largest absolute Gasteiger partial charge is 0.733 e. The molecule has 2 bridgehead atoms. The van der Waals surface area contributed by atoms with Crippen molar-refractivity contribution in [3.05, 3.63) is 86.5 Å². The maximum atomic E-state index is 13.9. The SMILES string of the molecule is COc1ccc2c(c1OC)C(=O)N1c3ccccc3C(=O)N(CCCC(=O)N3CC4CC(C3)c3ccc(N([O-])O)c(=O)n3C4)C21. The highest BCUT2D eigenvalue weighted by Crippen LogP contribution is 2.49. The Balaban J connectivity index is 1.10. The lowest BCUT2D eigenvalue weighted by atomic mass is 9.83. The number of carbonyl (C=O) groups is 3. The summed E-state index contributed by atoms with van der Waals surface area (Å²) in [6.45, 7) is 1.51. The van der Waals surface area contributed by atoms with Crippen molar-refractivity contribution in [1.29, 1.82) is 0 Å². The molecule has 1 N–H and O–H groups in total. The van der Waals surface area contributed by atoms with Gasteiger partial charge in [0.2, 0.25) is 5.91 Å². The molecule has 7 rings (SSSR count). The van der Waals surface area contributed by atoms with Gasteiger partial charge in [-0.05, 0) is 49.1 Å². The average Bonchev–Trinajstić information content (AvgIpc) is 3.34. The van der Waals surface area contributed by atoms with Crippen molar-refractivity contribution in [3.8, 4) is 11.5 Å². The summed E-state index contributed by atoms with van der Waals surface area (Å²) in [6, 6.07) is 13.5. The first-order valence-corrected chi connectivity index (χ1v) is 14.9. The zero-order valence-corrected chi connectivity index (χ0v) is 24.8. The standard InChI is InChI=1S/C32H32N5O8/c1-44-25-12-9-21-27(28(25)45-2)32(41)36-23-7-4-3-6-20(23)30(39)34(29(21)36)13-5-8-26(38)33-15-18-14-19(17-33)22-10-11-24(37(42)43)31(40)35(22)16-18/h3-4,6-7,9-12,18-19,29,42H,5,8,13-17H2,1-2H3/q-1. The summed E-state index contributed by atoms with van der Waals surface area (Å²) < 4.78 is 12.6. The van der Waals surface area contributed by atoms with E-state index in [0.717, 1.165) is 12.1 Å². The third kappa shape index (κ3) is 4.45. The minimum Gasteiger partial charge on any atom is -0.733 e. The number of aromatic nitrogens is 1. The van der Waals surface area contributed by atoms with E-state index < -0.39 is 17.0 Å². The summed E-state index contributed by atoms with van der Waals surface area (Å²) >= 11 is 0. The van der Waals surface area contributed by atoms with Gasteiger partial charge in [-0.3, -0.25) is 29.3 Å². The van der Waals surface area contributed by atoms with Crippen LogP contribution in [0.2, 0.25) is 0 Å². The van der Waals surface area contributed by atoms with E-state index in [1.165, 1.54) is 24.9 Å². The van der Waals surface area contributed by atoms with E-state index in [1.807, 2.05) is 4.90 Å². The molecule has 3 amide bonds. The first kappa shape index (κ1) is 28.9. The number of hydrogen-bond donors (Lipinski definition) is 1. The second kappa shape index (κ2) is 10.9. The van der Waals surface area contributed by atoms with Crippen molar-refractivity contribution in [2.45, 2.75) is 37.9 Å². The van der Waals surface area contributed by atoms with Gasteiger partial charge in [0, 0.05) is 49.8 Å². The Morgan fingerprint density at radius 1 is 1.00 bits per heavy atom.